The third-order valence-electron chi connectivity index (χ3n) is 4.77. The standard InChI is InChI=1S/C18H25BrN2O3/c1-23-14-5-6-17(19)16(12-14)18(22)21-8-3-7-20(9-10-21)13-15-4-2-11-24-15/h5-6,12,15H,2-4,7-11,13H2,1H3/t15-/m0/s1. The Bertz CT molecular complexity index is 575. The first-order valence-electron chi connectivity index (χ1n) is 8.64. The quantitative estimate of drug-likeness (QED) is 0.784. The first kappa shape index (κ1) is 17.7. The summed E-state index contributed by atoms with van der Waals surface area (Å²) in [5, 5.41) is 0. The summed E-state index contributed by atoms with van der Waals surface area (Å²) in [6.45, 7) is 5.38. The molecule has 24 heavy (non-hydrogen) atoms. The average Bonchev–Trinajstić information content (AvgIpc) is 2.99. The van der Waals surface area contributed by atoms with Crippen molar-refractivity contribution in [1.29, 1.82) is 0 Å². The van der Waals surface area contributed by atoms with Gasteiger partial charge >= 0.3 is 0 Å². The summed E-state index contributed by atoms with van der Waals surface area (Å²) in [4.78, 5) is 17.3. The molecule has 0 aromatic heterocycles. The fraction of sp³-hybridized carbons (Fsp3) is 0.611. The number of carbonyl (C=O) groups excluding carboxylic acids is 1. The van der Waals surface area contributed by atoms with Gasteiger partial charge in [0.2, 0.25) is 0 Å². The molecular weight excluding hydrogens is 372 g/mol. The van der Waals surface area contributed by atoms with Crippen molar-refractivity contribution in [2.45, 2.75) is 25.4 Å². The van der Waals surface area contributed by atoms with Crippen LogP contribution in [0.2, 0.25) is 0 Å². The number of halogens is 1. The molecule has 3 rings (SSSR count). The maximum absolute atomic E-state index is 12.9. The summed E-state index contributed by atoms with van der Waals surface area (Å²) in [6, 6.07) is 5.53. The lowest BCUT2D eigenvalue weighted by molar-refractivity contribution is 0.0703. The molecule has 0 unspecified atom stereocenters. The summed E-state index contributed by atoms with van der Waals surface area (Å²) in [5.74, 6) is 0.774. The zero-order chi connectivity index (χ0) is 16.9. The Labute approximate surface area is 152 Å². The third kappa shape index (κ3) is 4.29. The minimum atomic E-state index is 0.0692. The highest BCUT2D eigenvalue weighted by Crippen LogP contribution is 2.24. The minimum Gasteiger partial charge on any atom is -0.497 e. The summed E-state index contributed by atoms with van der Waals surface area (Å²) >= 11 is 3.49. The fourth-order valence-corrected chi connectivity index (χ4v) is 3.81. The highest BCUT2D eigenvalue weighted by Gasteiger charge is 2.24. The molecule has 2 heterocycles. The van der Waals surface area contributed by atoms with E-state index in [1.54, 1.807) is 13.2 Å². The van der Waals surface area contributed by atoms with Gasteiger partial charge < -0.3 is 14.4 Å². The molecule has 2 saturated heterocycles. The predicted octanol–water partition coefficient (Wildman–Crippen LogP) is 2.78. The molecule has 0 aliphatic carbocycles. The number of methoxy groups -OCH3 is 1. The smallest absolute Gasteiger partial charge is 0.255 e. The second-order valence-electron chi connectivity index (χ2n) is 6.43. The molecule has 1 amide bonds. The van der Waals surface area contributed by atoms with Gasteiger partial charge in [-0.15, -0.1) is 0 Å². The van der Waals surface area contributed by atoms with Gasteiger partial charge in [-0.3, -0.25) is 9.69 Å². The Morgan fingerprint density at radius 1 is 1.29 bits per heavy atom. The molecule has 132 valence electrons. The van der Waals surface area contributed by atoms with Crippen LogP contribution in [0, 0.1) is 0 Å². The molecule has 1 atom stereocenters. The first-order chi connectivity index (χ1) is 11.7. The Morgan fingerprint density at radius 2 is 2.17 bits per heavy atom. The van der Waals surface area contributed by atoms with E-state index in [1.807, 2.05) is 17.0 Å². The number of nitrogens with zero attached hydrogens (tertiary/aromatic N) is 2. The van der Waals surface area contributed by atoms with Crippen LogP contribution in [0.3, 0.4) is 0 Å². The van der Waals surface area contributed by atoms with E-state index in [4.69, 9.17) is 9.47 Å². The molecule has 1 aromatic carbocycles. The van der Waals surface area contributed by atoms with Crippen molar-refractivity contribution in [3.63, 3.8) is 0 Å². The molecule has 5 nitrogen and oxygen atoms in total. The summed E-state index contributed by atoms with van der Waals surface area (Å²) in [7, 11) is 1.62. The SMILES string of the molecule is COc1ccc(Br)c(C(=O)N2CCCN(C[C@@H]3CCCO3)CC2)c1. The van der Waals surface area contributed by atoms with Crippen LogP contribution < -0.4 is 4.74 Å². The number of ether oxygens (including phenoxy) is 2. The molecule has 0 spiro atoms. The molecule has 0 radical (unpaired) electrons. The number of carbonyl (C=O) groups is 1. The summed E-state index contributed by atoms with van der Waals surface area (Å²) in [6.07, 6.45) is 3.71. The maximum atomic E-state index is 12.9. The molecule has 1 aromatic rings. The monoisotopic (exact) mass is 396 g/mol. The van der Waals surface area contributed by atoms with Crippen LogP contribution in [0.25, 0.3) is 0 Å². The maximum Gasteiger partial charge on any atom is 0.255 e. The van der Waals surface area contributed by atoms with Crippen molar-refractivity contribution in [3.05, 3.63) is 28.2 Å². The van der Waals surface area contributed by atoms with Crippen LogP contribution in [0.5, 0.6) is 5.75 Å². The van der Waals surface area contributed by atoms with Crippen LogP contribution >= 0.6 is 15.9 Å². The van der Waals surface area contributed by atoms with Gasteiger partial charge in [-0.1, -0.05) is 0 Å². The van der Waals surface area contributed by atoms with E-state index in [1.165, 1.54) is 6.42 Å². The van der Waals surface area contributed by atoms with Crippen LogP contribution in [-0.4, -0.2) is 68.3 Å². The van der Waals surface area contributed by atoms with Crippen LogP contribution in [0.15, 0.2) is 22.7 Å². The van der Waals surface area contributed by atoms with Gasteiger partial charge in [0.05, 0.1) is 18.8 Å². The Hall–Kier alpha value is -1.11. The zero-order valence-electron chi connectivity index (χ0n) is 14.2. The van der Waals surface area contributed by atoms with Crippen molar-refractivity contribution in [3.8, 4) is 5.75 Å². The van der Waals surface area contributed by atoms with Gasteiger partial charge in [0.1, 0.15) is 5.75 Å². The first-order valence-corrected chi connectivity index (χ1v) is 9.43. The van der Waals surface area contributed by atoms with Crippen molar-refractivity contribution in [2.75, 3.05) is 46.4 Å². The Kier molecular flexibility index (Phi) is 6.14. The Balaban J connectivity index is 1.61. The van der Waals surface area contributed by atoms with Crippen LogP contribution in [0.1, 0.15) is 29.6 Å². The normalized spacial score (nSPS) is 22.4. The molecule has 0 saturated carbocycles. The van der Waals surface area contributed by atoms with Gasteiger partial charge in [0.15, 0.2) is 0 Å². The van der Waals surface area contributed by atoms with Crippen LogP contribution in [0.4, 0.5) is 0 Å². The lowest BCUT2D eigenvalue weighted by atomic mass is 10.2. The van der Waals surface area contributed by atoms with Crippen LogP contribution in [-0.2, 0) is 4.74 Å². The Morgan fingerprint density at radius 3 is 2.92 bits per heavy atom. The fourth-order valence-electron chi connectivity index (χ4n) is 3.40. The van der Waals surface area contributed by atoms with E-state index in [2.05, 4.69) is 20.8 Å². The molecule has 2 fully saturated rings. The average molecular weight is 397 g/mol. The van der Waals surface area contributed by atoms with Gasteiger partial charge in [0, 0.05) is 37.3 Å². The van der Waals surface area contributed by atoms with Crippen molar-refractivity contribution in [2.24, 2.45) is 0 Å². The van der Waals surface area contributed by atoms with Crippen molar-refractivity contribution in [1.82, 2.24) is 9.80 Å². The van der Waals surface area contributed by atoms with E-state index in [-0.39, 0.29) is 5.91 Å². The van der Waals surface area contributed by atoms with Gasteiger partial charge in [-0.05, 0) is 59.9 Å². The van der Waals surface area contributed by atoms with Crippen molar-refractivity contribution < 1.29 is 14.3 Å². The lowest BCUT2D eigenvalue weighted by Crippen LogP contribution is -2.37. The van der Waals surface area contributed by atoms with Gasteiger partial charge in [-0.25, -0.2) is 0 Å². The topological polar surface area (TPSA) is 42.0 Å². The van der Waals surface area contributed by atoms with E-state index < -0.39 is 0 Å². The van der Waals surface area contributed by atoms with E-state index in [0.717, 1.165) is 56.6 Å². The van der Waals surface area contributed by atoms with Gasteiger partial charge in [0.25, 0.3) is 5.91 Å². The molecule has 0 bridgehead atoms. The number of hydrogen-bond acceptors (Lipinski definition) is 4. The largest absolute Gasteiger partial charge is 0.497 e. The molecular formula is C18H25BrN2O3. The van der Waals surface area contributed by atoms with E-state index >= 15 is 0 Å². The summed E-state index contributed by atoms with van der Waals surface area (Å²) < 4.78 is 11.8. The third-order valence-corrected chi connectivity index (χ3v) is 5.46. The highest BCUT2D eigenvalue weighted by molar-refractivity contribution is 9.10. The molecule has 0 N–H and O–H groups in total. The van der Waals surface area contributed by atoms with Gasteiger partial charge in [-0.2, -0.15) is 0 Å². The highest BCUT2D eigenvalue weighted by atomic mass is 79.9. The molecule has 2 aliphatic heterocycles. The second-order valence-corrected chi connectivity index (χ2v) is 7.28. The molecule has 6 heteroatoms. The van der Waals surface area contributed by atoms with E-state index in [9.17, 15) is 4.79 Å². The number of rotatable bonds is 4. The number of benzene rings is 1. The van der Waals surface area contributed by atoms with Crippen molar-refractivity contribution >= 4 is 21.8 Å². The number of hydrogen-bond donors (Lipinski definition) is 0. The second kappa shape index (κ2) is 8.32. The minimum absolute atomic E-state index is 0.0692. The van der Waals surface area contributed by atoms with E-state index in [0.29, 0.717) is 17.4 Å². The zero-order valence-corrected chi connectivity index (χ0v) is 15.8. The lowest BCUT2D eigenvalue weighted by Gasteiger charge is -2.24. The summed E-state index contributed by atoms with van der Waals surface area (Å²) in [5.41, 5.74) is 0.668. The number of amides is 1. The molecule has 2 aliphatic rings. The predicted molar refractivity (Wildman–Crippen MR) is 96.6 cm³/mol.